The highest BCUT2D eigenvalue weighted by atomic mass is 16.6. The van der Waals surface area contributed by atoms with E-state index in [1.54, 1.807) is 13.8 Å². The first-order chi connectivity index (χ1) is 16.1. The van der Waals surface area contributed by atoms with Gasteiger partial charge in [-0.2, -0.15) is 0 Å². The summed E-state index contributed by atoms with van der Waals surface area (Å²) in [7, 11) is 1.32. The molecule has 9 heteroatoms. The normalized spacial score (nSPS) is 44.4. The summed E-state index contributed by atoms with van der Waals surface area (Å²) in [4.78, 5) is 39.2. The van der Waals surface area contributed by atoms with Crippen LogP contribution in [0, 0.1) is 16.7 Å². The number of ketones is 1. The van der Waals surface area contributed by atoms with Gasteiger partial charge in [-0.25, -0.2) is 9.59 Å². The van der Waals surface area contributed by atoms with Crippen molar-refractivity contribution in [3.8, 4) is 0 Å². The average molecular weight is 495 g/mol. The van der Waals surface area contributed by atoms with E-state index in [-0.39, 0.29) is 6.42 Å². The summed E-state index contributed by atoms with van der Waals surface area (Å²) in [6, 6.07) is 0. The number of Topliss-reactive ketones (excluding diaryl/α,β-unsaturated/α-hetero) is 1. The summed E-state index contributed by atoms with van der Waals surface area (Å²) >= 11 is 0. The van der Waals surface area contributed by atoms with Crippen LogP contribution in [0.2, 0.25) is 0 Å². The molecule has 2 N–H and O–H groups in total. The first kappa shape index (κ1) is 27.5. The molecular formula is C26H38O9. The van der Waals surface area contributed by atoms with Crippen LogP contribution in [0.1, 0.15) is 53.9 Å². The van der Waals surface area contributed by atoms with Crippen molar-refractivity contribution in [2.75, 3.05) is 13.7 Å². The fourth-order valence-corrected chi connectivity index (χ4v) is 7.04. The van der Waals surface area contributed by atoms with Crippen LogP contribution in [0.4, 0.5) is 0 Å². The lowest BCUT2D eigenvalue weighted by molar-refractivity contribution is -0.371. The Morgan fingerprint density at radius 1 is 1.17 bits per heavy atom. The highest BCUT2D eigenvalue weighted by molar-refractivity contribution is 5.92. The Balaban J connectivity index is 2.37. The topological polar surface area (TPSA) is 129 Å². The highest BCUT2D eigenvalue weighted by Gasteiger charge is 2.82. The van der Waals surface area contributed by atoms with E-state index in [4.69, 9.17) is 18.9 Å². The van der Waals surface area contributed by atoms with Crippen molar-refractivity contribution < 1.29 is 43.5 Å². The van der Waals surface area contributed by atoms with Crippen LogP contribution in [0.5, 0.6) is 0 Å². The van der Waals surface area contributed by atoms with Gasteiger partial charge in [-0.15, -0.1) is 6.58 Å². The van der Waals surface area contributed by atoms with Crippen LogP contribution in [-0.4, -0.2) is 76.8 Å². The van der Waals surface area contributed by atoms with Gasteiger partial charge in [0.2, 0.25) is 0 Å². The quantitative estimate of drug-likeness (QED) is 0.323. The number of aliphatic hydroxyl groups excluding tert-OH is 1. The molecule has 2 saturated carbocycles. The lowest BCUT2D eigenvalue weighted by atomic mass is 9.39. The smallest absolute Gasteiger partial charge is 0.332 e. The van der Waals surface area contributed by atoms with E-state index < -0.39 is 76.2 Å². The maximum atomic E-state index is 13.9. The zero-order valence-electron chi connectivity index (χ0n) is 21.5. The number of fused-ring (bicyclic) bond motifs is 3. The van der Waals surface area contributed by atoms with Gasteiger partial charge in [0, 0.05) is 30.9 Å². The molecule has 0 aromatic heterocycles. The van der Waals surface area contributed by atoms with E-state index in [0.29, 0.717) is 12.8 Å². The minimum absolute atomic E-state index is 0.200. The van der Waals surface area contributed by atoms with Crippen LogP contribution in [-0.2, 0) is 33.3 Å². The second-order valence-electron chi connectivity index (χ2n) is 11.3. The van der Waals surface area contributed by atoms with Gasteiger partial charge in [-0.1, -0.05) is 33.4 Å². The Hall–Kier alpha value is -2.07. The highest BCUT2D eigenvalue weighted by Crippen LogP contribution is 2.67. The summed E-state index contributed by atoms with van der Waals surface area (Å²) in [6.07, 6.45) is -0.667. The minimum atomic E-state index is -2.29. The molecule has 1 saturated heterocycles. The Morgan fingerprint density at radius 3 is 2.34 bits per heavy atom. The lowest BCUT2D eigenvalue weighted by Gasteiger charge is -2.71. The van der Waals surface area contributed by atoms with E-state index in [2.05, 4.69) is 13.2 Å². The SMILES string of the molecule is C=CC(=O)O[C@H]1[C@H]2C(C)(C)CC[C@H](O)[C@]2(C)[C@@]2(O)C(=O)C[C@](C)(C=C)O[C@]2(C)[C@H]1OC(=O)COC. The van der Waals surface area contributed by atoms with E-state index in [0.717, 1.165) is 6.08 Å². The summed E-state index contributed by atoms with van der Waals surface area (Å²) in [5.41, 5.74) is -7.57. The predicted molar refractivity (Wildman–Crippen MR) is 125 cm³/mol. The van der Waals surface area contributed by atoms with Crippen molar-refractivity contribution in [1.82, 2.24) is 0 Å². The van der Waals surface area contributed by atoms with Gasteiger partial charge in [-0.05, 0) is 32.1 Å². The molecule has 0 aromatic carbocycles. The molecule has 35 heavy (non-hydrogen) atoms. The van der Waals surface area contributed by atoms with Crippen LogP contribution < -0.4 is 0 Å². The number of hydrogen-bond acceptors (Lipinski definition) is 9. The Kier molecular flexibility index (Phi) is 6.92. The Morgan fingerprint density at radius 2 is 1.80 bits per heavy atom. The summed E-state index contributed by atoms with van der Waals surface area (Å²) < 4.78 is 23.0. The number of ether oxygens (including phenoxy) is 4. The largest absolute Gasteiger partial charge is 0.455 e. The van der Waals surface area contributed by atoms with Crippen LogP contribution in [0.3, 0.4) is 0 Å². The molecule has 0 spiro atoms. The van der Waals surface area contributed by atoms with E-state index in [9.17, 15) is 24.6 Å². The van der Waals surface area contributed by atoms with Gasteiger partial charge in [-0.3, -0.25) is 4.79 Å². The standard InChI is InChI=1S/C26H38O9/c1-9-17(29)33-19-20-22(3,4)12-11-15(27)24(20,6)26(31)16(28)13-23(5,10-2)35-25(26,7)21(19)34-18(30)14-32-8/h9-10,15,19-21,27,31H,1-2,11-14H2,3-8H3/t15-,19-,20-,21-,23-,24-,25+,26-/m0/s1. The first-order valence-corrected chi connectivity index (χ1v) is 11.9. The molecule has 0 unspecified atom stereocenters. The fraction of sp³-hybridized carbons (Fsp3) is 0.731. The number of carbonyl (C=O) groups is 3. The van der Waals surface area contributed by atoms with Gasteiger partial charge in [0.25, 0.3) is 0 Å². The molecule has 0 bridgehead atoms. The van der Waals surface area contributed by atoms with Crippen molar-refractivity contribution >= 4 is 17.7 Å². The lowest BCUT2D eigenvalue weighted by Crippen LogP contribution is -2.87. The Bertz CT molecular complexity index is 928. The number of esters is 2. The number of methoxy groups -OCH3 is 1. The summed E-state index contributed by atoms with van der Waals surface area (Å²) in [5.74, 6) is -2.93. The zero-order valence-corrected chi connectivity index (χ0v) is 21.5. The molecule has 0 amide bonds. The molecule has 3 aliphatic rings. The maximum absolute atomic E-state index is 13.9. The third kappa shape index (κ3) is 3.79. The van der Waals surface area contributed by atoms with Gasteiger partial charge in [0.05, 0.1) is 11.7 Å². The molecule has 2 aliphatic carbocycles. The fourth-order valence-electron chi connectivity index (χ4n) is 7.04. The van der Waals surface area contributed by atoms with Gasteiger partial charge < -0.3 is 29.2 Å². The monoisotopic (exact) mass is 494 g/mol. The number of rotatable bonds is 6. The third-order valence-corrected chi connectivity index (χ3v) is 8.64. The molecule has 1 heterocycles. The Labute approximate surface area is 206 Å². The second-order valence-corrected chi connectivity index (χ2v) is 11.3. The second kappa shape index (κ2) is 8.80. The zero-order chi connectivity index (χ0) is 26.6. The molecule has 0 radical (unpaired) electrons. The number of carbonyl (C=O) groups excluding carboxylic acids is 3. The van der Waals surface area contributed by atoms with E-state index in [1.165, 1.54) is 20.1 Å². The van der Waals surface area contributed by atoms with Crippen molar-refractivity contribution in [2.45, 2.75) is 89.0 Å². The van der Waals surface area contributed by atoms with Crippen molar-refractivity contribution in [3.05, 3.63) is 25.3 Å². The summed E-state index contributed by atoms with van der Waals surface area (Å²) in [6.45, 7) is 15.4. The van der Waals surface area contributed by atoms with Gasteiger partial charge >= 0.3 is 11.9 Å². The van der Waals surface area contributed by atoms with Crippen LogP contribution in [0.25, 0.3) is 0 Å². The van der Waals surface area contributed by atoms with Gasteiger partial charge in [0.1, 0.15) is 18.3 Å². The third-order valence-electron chi connectivity index (χ3n) is 8.64. The molecular weight excluding hydrogens is 456 g/mol. The molecule has 0 aromatic rings. The van der Waals surface area contributed by atoms with E-state index in [1.807, 2.05) is 13.8 Å². The van der Waals surface area contributed by atoms with Crippen LogP contribution >= 0.6 is 0 Å². The average Bonchev–Trinajstić information content (AvgIpc) is 2.77. The van der Waals surface area contributed by atoms with E-state index >= 15 is 0 Å². The van der Waals surface area contributed by atoms with Gasteiger partial charge in [0.15, 0.2) is 17.5 Å². The molecule has 1 aliphatic heterocycles. The van der Waals surface area contributed by atoms with Crippen molar-refractivity contribution in [2.24, 2.45) is 16.7 Å². The molecule has 9 nitrogen and oxygen atoms in total. The van der Waals surface area contributed by atoms with Crippen LogP contribution in [0.15, 0.2) is 25.3 Å². The predicted octanol–water partition coefficient (Wildman–Crippen LogP) is 1.88. The first-order valence-electron chi connectivity index (χ1n) is 11.9. The molecule has 8 atom stereocenters. The minimum Gasteiger partial charge on any atom is -0.455 e. The number of hydrogen-bond donors (Lipinski definition) is 2. The molecule has 3 fully saturated rings. The number of aliphatic hydroxyl groups is 2. The van der Waals surface area contributed by atoms with Crippen molar-refractivity contribution in [3.63, 3.8) is 0 Å². The maximum Gasteiger partial charge on any atom is 0.332 e. The van der Waals surface area contributed by atoms with Crippen molar-refractivity contribution in [1.29, 1.82) is 0 Å². The summed E-state index contributed by atoms with van der Waals surface area (Å²) in [5, 5.41) is 23.9. The molecule has 196 valence electrons. The molecule has 3 rings (SSSR count).